The molecule has 3 aromatic rings. The van der Waals surface area contributed by atoms with E-state index in [4.69, 9.17) is 4.98 Å². The molecule has 35 heavy (non-hydrogen) atoms. The molecule has 3 aromatic heterocycles. The normalized spacial score (nSPS) is 29.8. The molecule has 2 amide bonds. The Bertz CT molecular complexity index is 1210. The lowest BCUT2D eigenvalue weighted by Crippen LogP contribution is -2.57. The number of aliphatic hydroxyl groups excluding tert-OH is 2. The van der Waals surface area contributed by atoms with Crippen molar-refractivity contribution in [1.29, 1.82) is 0 Å². The summed E-state index contributed by atoms with van der Waals surface area (Å²) in [7, 11) is 0. The van der Waals surface area contributed by atoms with Crippen molar-refractivity contribution < 1.29 is 19.8 Å². The van der Waals surface area contributed by atoms with Gasteiger partial charge in [-0.3, -0.25) is 14.9 Å². The molecule has 0 radical (unpaired) electrons. The molecule has 0 aromatic carbocycles. The van der Waals surface area contributed by atoms with Crippen LogP contribution in [0.15, 0.2) is 29.1 Å². The average Bonchev–Trinajstić information content (AvgIpc) is 3.60. The van der Waals surface area contributed by atoms with Crippen LogP contribution >= 0.6 is 34.0 Å². The van der Waals surface area contributed by atoms with Crippen molar-refractivity contribution in [2.24, 2.45) is 16.7 Å². The van der Waals surface area contributed by atoms with Gasteiger partial charge in [0.15, 0.2) is 10.3 Å². The van der Waals surface area contributed by atoms with Crippen molar-refractivity contribution in [3.05, 3.63) is 44.5 Å². The molecule has 1 fully saturated rings. The fraction of sp³-hybridized carbons (Fsp3) is 0.500. The van der Waals surface area contributed by atoms with Crippen molar-refractivity contribution in [1.82, 2.24) is 9.97 Å². The molecular weight excluding hydrogens is 504 g/mol. The van der Waals surface area contributed by atoms with Gasteiger partial charge in [-0.05, 0) is 42.0 Å². The first-order chi connectivity index (χ1) is 16.7. The Balaban J connectivity index is 1.50. The van der Waals surface area contributed by atoms with Crippen LogP contribution in [-0.4, -0.2) is 44.7 Å². The highest BCUT2D eigenvalue weighted by atomic mass is 32.1. The highest BCUT2D eigenvalue weighted by molar-refractivity contribution is 7.16. The molecule has 5 atom stereocenters. The van der Waals surface area contributed by atoms with Crippen molar-refractivity contribution in [3.63, 3.8) is 0 Å². The van der Waals surface area contributed by atoms with E-state index in [1.807, 2.05) is 23.8 Å². The predicted molar refractivity (Wildman–Crippen MR) is 138 cm³/mol. The molecule has 0 bridgehead atoms. The van der Waals surface area contributed by atoms with Gasteiger partial charge in [-0.25, -0.2) is 9.97 Å². The third-order valence-corrected chi connectivity index (χ3v) is 10.5. The number of nitrogens with zero attached hydrogens (tertiary/aromatic N) is 2. The Labute approximate surface area is 215 Å². The number of aliphatic hydroxyl groups is 2. The number of carbonyl (C=O) groups is 2. The molecule has 3 heterocycles. The summed E-state index contributed by atoms with van der Waals surface area (Å²) in [5.41, 5.74) is -0.215. The second-order valence-electron chi connectivity index (χ2n) is 9.88. The first kappa shape index (κ1) is 24.5. The lowest BCUT2D eigenvalue weighted by Gasteiger charge is -2.58. The van der Waals surface area contributed by atoms with Gasteiger partial charge in [0.1, 0.15) is 0 Å². The number of fused-ring (bicyclic) bond motifs is 2. The summed E-state index contributed by atoms with van der Waals surface area (Å²) in [5, 5.41) is 31.8. The van der Waals surface area contributed by atoms with Gasteiger partial charge < -0.3 is 15.5 Å². The van der Waals surface area contributed by atoms with E-state index in [0.29, 0.717) is 28.0 Å². The number of thiazole rings is 2. The van der Waals surface area contributed by atoms with Gasteiger partial charge in [0.2, 0.25) is 5.91 Å². The molecule has 1 saturated carbocycles. The third kappa shape index (κ3) is 4.33. The molecule has 4 N–H and O–H groups in total. The Morgan fingerprint density at radius 2 is 2.03 bits per heavy atom. The van der Waals surface area contributed by atoms with E-state index in [-0.39, 0.29) is 42.1 Å². The number of carbonyl (C=O) groups excluding carboxylic acids is 2. The molecule has 0 saturated heterocycles. The smallest absolute Gasteiger partial charge is 0.267 e. The summed E-state index contributed by atoms with van der Waals surface area (Å²) in [6.07, 6.45) is 3.14. The molecule has 2 aliphatic carbocycles. The van der Waals surface area contributed by atoms with Crippen molar-refractivity contribution in [2.75, 3.05) is 17.2 Å². The van der Waals surface area contributed by atoms with Crippen molar-refractivity contribution in [2.45, 2.75) is 51.6 Å². The zero-order valence-corrected chi connectivity index (χ0v) is 21.9. The maximum atomic E-state index is 13.1. The topological polar surface area (TPSA) is 124 Å². The number of hydrogen-bond donors (Lipinski definition) is 4. The van der Waals surface area contributed by atoms with Gasteiger partial charge in [-0.2, -0.15) is 0 Å². The second kappa shape index (κ2) is 9.36. The fourth-order valence-electron chi connectivity index (χ4n) is 5.91. The number of anilines is 2. The summed E-state index contributed by atoms with van der Waals surface area (Å²) in [6, 6.07) is 3.60. The maximum Gasteiger partial charge on any atom is 0.267 e. The SMILES string of the molecule is CC1(CO)C(O)CCC2(C)C(CC(=O)Nc3nccs3)c3nc(NC(=O)c4cccs4)sc3CC12. The van der Waals surface area contributed by atoms with E-state index >= 15 is 0 Å². The first-order valence-electron chi connectivity index (χ1n) is 11.6. The second-order valence-corrected chi connectivity index (χ2v) is 12.8. The van der Waals surface area contributed by atoms with E-state index < -0.39 is 11.5 Å². The van der Waals surface area contributed by atoms with Crippen LogP contribution in [-0.2, 0) is 11.2 Å². The lowest BCUT2D eigenvalue weighted by molar-refractivity contribution is -0.143. The number of nitrogens with one attached hydrogen (secondary N) is 2. The van der Waals surface area contributed by atoms with E-state index in [9.17, 15) is 19.8 Å². The summed E-state index contributed by atoms with van der Waals surface area (Å²) in [6.45, 7) is 3.96. The summed E-state index contributed by atoms with van der Waals surface area (Å²) in [5.74, 6) is -0.622. The van der Waals surface area contributed by atoms with E-state index in [1.165, 1.54) is 34.0 Å². The molecule has 0 spiro atoms. The summed E-state index contributed by atoms with van der Waals surface area (Å²) in [4.78, 5) is 36.4. The zero-order valence-electron chi connectivity index (χ0n) is 19.5. The predicted octanol–water partition coefficient (Wildman–Crippen LogP) is 4.36. The Morgan fingerprint density at radius 1 is 1.20 bits per heavy atom. The van der Waals surface area contributed by atoms with Crippen LogP contribution in [0.25, 0.3) is 0 Å². The number of rotatable bonds is 6. The molecule has 0 aliphatic heterocycles. The van der Waals surface area contributed by atoms with Gasteiger partial charge >= 0.3 is 0 Å². The first-order valence-corrected chi connectivity index (χ1v) is 14.1. The third-order valence-electron chi connectivity index (χ3n) is 7.93. The highest BCUT2D eigenvalue weighted by Gasteiger charge is 2.59. The minimum absolute atomic E-state index is 0.0461. The highest BCUT2D eigenvalue weighted by Crippen LogP contribution is 2.62. The quantitative estimate of drug-likeness (QED) is 0.374. The average molecular weight is 533 g/mol. The Morgan fingerprint density at radius 3 is 2.71 bits per heavy atom. The van der Waals surface area contributed by atoms with Crippen molar-refractivity contribution >= 4 is 56.1 Å². The number of aromatic nitrogens is 2. The van der Waals surface area contributed by atoms with E-state index in [0.717, 1.165) is 17.0 Å². The van der Waals surface area contributed by atoms with Crippen LogP contribution in [0.2, 0.25) is 0 Å². The molecule has 5 unspecified atom stereocenters. The van der Waals surface area contributed by atoms with E-state index in [2.05, 4.69) is 22.5 Å². The van der Waals surface area contributed by atoms with Crippen LogP contribution in [0.4, 0.5) is 10.3 Å². The van der Waals surface area contributed by atoms with Crippen LogP contribution in [0, 0.1) is 16.7 Å². The van der Waals surface area contributed by atoms with Gasteiger partial charge in [0.25, 0.3) is 5.91 Å². The largest absolute Gasteiger partial charge is 0.396 e. The number of thiophene rings is 1. The van der Waals surface area contributed by atoms with E-state index in [1.54, 1.807) is 12.3 Å². The molecule has 2 aliphatic rings. The molecular formula is C24H28N4O4S3. The lowest BCUT2D eigenvalue weighted by atomic mass is 9.47. The number of amides is 2. The molecule has 8 nitrogen and oxygen atoms in total. The van der Waals surface area contributed by atoms with Crippen molar-refractivity contribution in [3.8, 4) is 0 Å². The van der Waals surface area contributed by atoms with Gasteiger partial charge in [0, 0.05) is 34.2 Å². The van der Waals surface area contributed by atoms with Gasteiger partial charge in [0.05, 0.1) is 23.3 Å². The monoisotopic (exact) mass is 532 g/mol. The van der Waals surface area contributed by atoms with Crippen LogP contribution in [0.1, 0.15) is 59.3 Å². The van der Waals surface area contributed by atoms with Crippen LogP contribution in [0.5, 0.6) is 0 Å². The standard InChI is InChI=1S/C24H28N4O4S3/c1-23-6-5-17(30)24(2,12-29)16(23)11-15-19(13(23)10-18(31)26-21-25-7-9-34-21)27-22(35-15)28-20(32)14-4-3-8-33-14/h3-4,7-9,13,16-17,29-30H,5-6,10-12H2,1-2H3,(H,25,26,31)(H,27,28,32). The summed E-state index contributed by atoms with van der Waals surface area (Å²) >= 11 is 4.15. The van der Waals surface area contributed by atoms with Crippen LogP contribution < -0.4 is 10.6 Å². The maximum absolute atomic E-state index is 13.1. The van der Waals surface area contributed by atoms with Gasteiger partial charge in [-0.1, -0.05) is 19.9 Å². The van der Waals surface area contributed by atoms with Crippen LogP contribution in [0.3, 0.4) is 0 Å². The Kier molecular flexibility index (Phi) is 6.56. The summed E-state index contributed by atoms with van der Waals surface area (Å²) < 4.78 is 0. The molecule has 5 rings (SSSR count). The minimum Gasteiger partial charge on any atom is -0.396 e. The minimum atomic E-state index is -0.695. The zero-order chi connectivity index (χ0) is 24.8. The molecule has 186 valence electrons. The Hall–Kier alpha value is -2.18. The fourth-order valence-corrected chi connectivity index (χ4v) is 8.13. The number of hydrogen-bond acceptors (Lipinski definition) is 9. The molecule has 11 heteroatoms. The van der Waals surface area contributed by atoms with Gasteiger partial charge in [-0.15, -0.1) is 34.0 Å².